The van der Waals surface area contributed by atoms with Gasteiger partial charge >= 0.3 is 0 Å². The molecule has 2 aromatic carbocycles. The lowest BCUT2D eigenvalue weighted by molar-refractivity contribution is 0.557. The average molecular weight is 371 g/mol. The van der Waals surface area contributed by atoms with Crippen LogP contribution in [0.5, 0.6) is 0 Å². The fourth-order valence-electron chi connectivity index (χ4n) is 2.50. The van der Waals surface area contributed by atoms with Crippen molar-refractivity contribution in [2.24, 2.45) is 0 Å². The van der Waals surface area contributed by atoms with E-state index in [9.17, 15) is 4.39 Å². The smallest absolute Gasteiger partial charge is 0.129 e. The first-order valence-electron chi connectivity index (χ1n) is 6.89. The molecule has 4 heteroatoms. The first-order chi connectivity index (χ1) is 9.93. The lowest BCUT2D eigenvalue weighted by Crippen LogP contribution is -2.24. The Kier molecular flexibility index (Phi) is 5.42. The van der Waals surface area contributed by atoms with Crippen LogP contribution in [0.25, 0.3) is 0 Å². The predicted molar refractivity (Wildman–Crippen MR) is 90.5 cm³/mol. The zero-order valence-corrected chi connectivity index (χ0v) is 14.6. The molecule has 2 rings (SSSR count). The second kappa shape index (κ2) is 6.91. The van der Waals surface area contributed by atoms with Gasteiger partial charge in [-0.15, -0.1) is 0 Å². The van der Waals surface area contributed by atoms with Gasteiger partial charge in [-0.2, -0.15) is 0 Å². The topological polar surface area (TPSA) is 12.0 Å². The van der Waals surface area contributed by atoms with Crippen molar-refractivity contribution in [3.8, 4) is 0 Å². The number of rotatable bonds is 4. The molecule has 0 aromatic heterocycles. The molecule has 0 heterocycles. The highest BCUT2D eigenvalue weighted by molar-refractivity contribution is 9.10. The Morgan fingerprint density at radius 3 is 2.52 bits per heavy atom. The third-order valence-corrected chi connectivity index (χ3v) is 4.69. The van der Waals surface area contributed by atoms with Gasteiger partial charge in [-0.3, -0.25) is 0 Å². The second-order valence-corrected chi connectivity index (χ2v) is 6.40. The number of aryl methyl sites for hydroxylation is 2. The van der Waals surface area contributed by atoms with E-state index < -0.39 is 0 Å². The molecular weight excluding hydrogens is 353 g/mol. The lowest BCUT2D eigenvalue weighted by atomic mass is 9.93. The van der Waals surface area contributed by atoms with Crippen LogP contribution in [0.15, 0.2) is 34.8 Å². The summed E-state index contributed by atoms with van der Waals surface area (Å²) in [7, 11) is 0. The molecule has 0 amide bonds. The van der Waals surface area contributed by atoms with Crippen LogP contribution in [-0.2, 0) is 0 Å². The molecule has 1 nitrogen and oxygen atoms in total. The number of benzene rings is 2. The minimum absolute atomic E-state index is 0.207. The Hall–Kier alpha value is -0.900. The molecule has 0 saturated carbocycles. The first kappa shape index (κ1) is 16.5. The second-order valence-electron chi connectivity index (χ2n) is 5.14. The molecule has 1 N–H and O–H groups in total. The van der Waals surface area contributed by atoms with Crippen molar-refractivity contribution in [1.82, 2.24) is 5.32 Å². The van der Waals surface area contributed by atoms with E-state index in [0.717, 1.165) is 17.7 Å². The van der Waals surface area contributed by atoms with Gasteiger partial charge in [0, 0.05) is 10.0 Å². The zero-order valence-electron chi connectivity index (χ0n) is 12.3. The number of nitrogens with one attached hydrogen (secondary N) is 1. The van der Waals surface area contributed by atoms with Crippen LogP contribution in [-0.4, -0.2) is 6.54 Å². The zero-order chi connectivity index (χ0) is 15.6. The third kappa shape index (κ3) is 3.65. The van der Waals surface area contributed by atoms with Crippen LogP contribution in [0.4, 0.5) is 4.39 Å². The molecule has 1 atom stereocenters. The molecule has 1 unspecified atom stereocenters. The van der Waals surface area contributed by atoms with Gasteiger partial charge in [-0.05, 0) is 59.6 Å². The van der Waals surface area contributed by atoms with Crippen LogP contribution in [0.1, 0.15) is 35.2 Å². The summed E-state index contributed by atoms with van der Waals surface area (Å²) in [6.07, 6.45) is 0. The van der Waals surface area contributed by atoms with E-state index in [4.69, 9.17) is 11.6 Å². The highest BCUT2D eigenvalue weighted by atomic mass is 79.9. The van der Waals surface area contributed by atoms with Crippen LogP contribution in [0.2, 0.25) is 5.02 Å². The Bertz CT molecular complexity index is 657. The third-order valence-electron chi connectivity index (χ3n) is 3.50. The highest BCUT2D eigenvalue weighted by Gasteiger charge is 2.20. The van der Waals surface area contributed by atoms with Crippen molar-refractivity contribution >= 4 is 27.5 Å². The van der Waals surface area contributed by atoms with E-state index in [1.807, 2.05) is 26.0 Å². The van der Waals surface area contributed by atoms with E-state index in [2.05, 4.69) is 34.2 Å². The quantitative estimate of drug-likeness (QED) is 0.695. The molecule has 0 aliphatic carbocycles. The molecule has 21 heavy (non-hydrogen) atoms. The molecule has 112 valence electrons. The van der Waals surface area contributed by atoms with Crippen molar-refractivity contribution < 1.29 is 4.39 Å². The molecule has 0 fully saturated rings. The Balaban J connectivity index is 2.55. The average Bonchev–Trinajstić information content (AvgIpc) is 2.41. The monoisotopic (exact) mass is 369 g/mol. The summed E-state index contributed by atoms with van der Waals surface area (Å²) in [5, 5.41) is 3.86. The van der Waals surface area contributed by atoms with Gasteiger partial charge in [0.05, 0.1) is 11.1 Å². The van der Waals surface area contributed by atoms with Gasteiger partial charge in [0.25, 0.3) is 0 Å². The fraction of sp³-hybridized carbons (Fsp3) is 0.294. The van der Waals surface area contributed by atoms with Gasteiger partial charge in [0.2, 0.25) is 0 Å². The molecule has 0 bridgehead atoms. The lowest BCUT2D eigenvalue weighted by Gasteiger charge is -2.22. The Labute approximate surface area is 138 Å². The number of hydrogen-bond donors (Lipinski definition) is 1. The summed E-state index contributed by atoms with van der Waals surface area (Å²) in [5.41, 5.74) is 3.97. The van der Waals surface area contributed by atoms with Crippen molar-refractivity contribution in [1.29, 1.82) is 0 Å². The van der Waals surface area contributed by atoms with Crippen molar-refractivity contribution in [3.63, 3.8) is 0 Å². The van der Waals surface area contributed by atoms with Gasteiger partial charge < -0.3 is 5.32 Å². The molecule has 0 aliphatic heterocycles. The standard InChI is InChI=1S/C17H18BrClFN/c1-4-21-17(12-6-5-10(2)7-11(12)3)13-8-15(19)14(18)9-16(13)20/h5-9,17,21H,4H2,1-3H3. The van der Waals surface area contributed by atoms with Crippen molar-refractivity contribution in [2.45, 2.75) is 26.8 Å². The van der Waals surface area contributed by atoms with E-state index in [1.54, 1.807) is 6.07 Å². The maximum Gasteiger partial charge on any atom is 0.129 e. The van der Waals surface area contributed by atoms with Gasteiger partial charge in [0.15, 0.2) is 0 Å². The summed E-state index contributed by atoms with van der Waals surface area (Å²) < 4.78 is 14.9. The summed E-state index contributed by atoms with van der Waals surface area (Å²) in [5.74, 6) is -0.266. The van der Waals surface area contributed by atoms with Crippen molar-refractivity contribution in [3.05, 3.63) is 67.9 Å². The molecule has 0 aliphatic rings. The Morgan fingerprint density at radius 2 is 1.90 bits per heavy atom. The molecule has 0 radical (unpaired) electrons. The summed E-state index contributed by atoms with van der Waals surface area (Å²) in [4.78, 5) is 0. The van der Waals surface area contributed by atoms with Crippen LogP contribution >= 0.6 is 27.5 Å². The normalized spacial score (nSPS) is 12.5. The van der Waals surface area contributed by atoms with Crippen molar-refractivity contribution in [2.75, 3.05) is 6.54 Å². The predicted octanol–water partition coefficient (Wildman–Crippen LogP) is 5.56. The van der Waals surface area contributed by atoms with Gasteiger partial charge in [-0.1, -0.05) is 42.3 Å². The SMILES string of the molecule is CCNC(c1ccc(C)cc1C)c1cc(Cl)c(Br)cc1F. The number of halogens is 3. The summed E-state index contributed by atoms with van der Waals surface area (Å²) in [6.45, 7) is 6.85. The Morgan fingerprint density at radius 1 is 1.19 bits per heavy atom. The minimum Gasteiger partial charge on any atom is -0.306 e. The van der Waals surface area contributed by atoms with E-state index in [1.165, 1.54) is 11.6 Å². The molecule has 0 spiro atoms. The van der Waals surface area contributed by atoms with E-state index in [-0.39, 0.29) is 11.9 Å². The fourth-order valence-corrected chi connectivity index (χ4v) is 2.99. The maximum absolute atomic E-state index is 14.4. The highest BCUT2D eigenvalue weighted by Crippen LogP contribution is 2.33. The van der Waals surface area contributed by atoms with Gasteiger partial charge in [-0.25, -0.2) is 4.39 Å². The molecular formula is C17H18BrClFN. The summed E-state index contributed by atoms with van der Waals surface area (Å²) >= 11 is 9.40. The number of hydrogen-bond acceptors (Lipinski definition) is 1. The molecule has 0 saturated heterocycles. The van der Waals surface area contributed by atoms with Crippen LogP contribution in [0.3, 0.4) is 0 Å². The first-order valence-corrected chi connectivity index (χ1v) is 8.06. The van der Waals surface area contributed by atoms with Gasteiger partial charge in [0.1, 0.15) is 5.82 Å². The minimum atomic E-state index is -0.266. The van der Waals surface area contributed by atoms with Crippen LogP contribution < -0.4 is 5.32 Å². The largest absolute Gasteiger partial charge is 0.306 e. The molecule has 2 aromatic rings. The van der Waals surface area contributed by atoms with E-state index >= 15 is 0 Å². The summed E-state index contributed by atoms with van der Waals surface area (Å²) in [6, 6.07) is 9.11. The van der Waals surface area contributed by atoms with Crippen LogP contribution in [0, 0.1) is 19.7 Å². The van der Waals surface area contributed by atoms with E-state index in [0.29, 0.717) is 15.1 Å². The maximum atomic E-state index is 14.4.